The molecule has 0 amide bonds. The van der Waals surface area contributed by atoms with Gasteiger partial charge in [-0.05, 0) is 44.2 Å². The quantitative estimate of drug-likeness (QED) is 0.501. The number of thioether (sulfide) groups is 1. The molecule has 0 spiro atoms. The summed E-state index contributed by atoms with van der Waals surface area (Å²) in [5.74, 6) is 1.06. The molecule has 3 heterocycles. The van der Waals surface area contributed by atoms with Crippen molar-refractivity contribution in [3.8, 4) is 10.6 Å². The molecule has 0 N–H and O–H groups in total. The number of nitrogens with zero attached hydrogens (tertiary/aromatic N) is 5. The molecule has 0 aliphatic rings. The van der Waals surface area contributed by atoms with E-state index >= 15 is 0 Å². The van der Waals surface area contributed by atoms with Gasteiger partial charge in [0, 0.05) is 28.1 Å². The van der Waals surface area contributed by atoms with Crippen LogP contribution in [0, 0.1) is 19.7 Å². The van der Waals surface area contributed by atoms with Crippen LogP contribution in [0.4, 0.5) is 4.39 Å². The van der Waals surface area contributed by atoms with Crippen molar-refractivity contribution in [3.63, 3.8) is 0 Å². The number of halogens is 1. The maximum atomic E-state index is 13.0. The summed E-state index contributed by atoms with van der Waals surface area (Å²) in [7, 11) is 0. The van der Waals surface area contributed by atoms with Crippen LogP contribution in [0.5, 0.6) is 0 Å². The summed E-state index contributed by atoms with van der Waals surface area (Å²) in [5, 5.41) is 12.1. The second kappa shape index (κ2) is 6.53. The first kappa shape index (κ1) is 16.2. The molecule has 4 aromatic rings. The number of aromatic nitrogens is 5. The van der Waals surface area contributed by atoms with Crippen molar-refractivity contribution in [2.24, 2.45) is 0 Å². The minimum absolute atomic E-state index is 0.242. The fraction of sp³-hybridized carbons (Fsp3) is 0.176. The van der Waals surface area contributed by atoms with Crippen LogP contribution in [0.15, 0.2) is 40.9 Å². The first-order valence-electron chi connectivity index (χ1n) is 7.63. The highest BCUT2D eigenvalue weighted by atomic mass is 32.2. The largest absolute Gasteiger partial charge is 0.259 e. The lowest BCUT2D eigenvalue weighted by Crippen LogP contribution is -1.97. The predicted octanol–water partition coefficient (Wildman–Crippen LogP) is 4.30. The monoisotopic (exact) mass is 371 g/mol. The summed E-state index contributed by atoms with van der Waals surface area (Å²) in [6.07, 6.45) is 0. The first-order valence-corrected chi connectivity index (χ1v) is 9.49. The highest BCUT2D eigenvalue weighted by Gasteiger charge is 2.12. The van der Waals surface area contributed by atoms with E-state index in [0.717, 1.165) is 32.8 Å². The average molecular weight is 371 g/mol. The number of hydrogen-bond acceptors (Lipinski definition) is 6. The van der Waals surface area contributed by atoms with Gasteiger partial charge in [0.1, 0.15) is 10.8 Å². The lowest BCUT2D eigenvalue weighted by atomic mass is 10.2. The molecule has 0 aliphatic carbocycles. The molecule has 0 saturated carbocycles. The van der Waals surface area contributed by atoms with E-state index in [1.54, 1.807) is 35.2 Å². The third-order valence-corrected chi connectivity index (χ3v) is 5.56. The summed E-state index contributed by atoms with van der Waals surface area (Å²) < 4.78 is 15.0. The van der Waals surface area contributed by atoms with Crippen LogP contribution in [0.1, 0.15) is 17.1 Å². The van der Waals surface area contributed by atoms with Crippen LogP contribution in [-0.4, -0.2) is 24.6 Å². The number of thiazole rings is 1. The van der Waals surface area contributed by atoms with Crippen molar-refractivity contribution < 1.29 is 4.39 Å². The smallest absolute Gasteiger partial charge is 0.256 e. The third kappa shape index (κ3) is 3.27. The van der Waals surface area contributed by atoms with Crippen molar-refractivity contribution >= 4 is 28.9 Å². The van der Waals surface area contributed by atoms with Crippen LogP contribution in [0.2, 0.25) is 0 Å². The summed E-state index contributed by atoms with van der Waals surface area (Å²) in [5.41, 5.74) is 3.87. The summed E-state index contributed by atoms with van der Waals surface area (Å²) >= 11 is 3.13. The maximum Gasteiger partial charge on any atom is 0.256 e. The van der Waals surface area contributed by atoms with E-state index in [1.165, 1.54) is 12.1 Å². The number of hydrogen-bond donors (Lipinski definition) is 0. The zero-order valence-corrected chi connectivity index (χ0v) is 15.2. The summed E-state index contributed by atoms with van der Waals surface area (Å²) in [6, 6.07) is 8.40. The van der Waals surface area contributed by atoms with Gasteiger partial charge in [-0.15, -0.1) is 21.5 Å². The Balaban J connectivity index is 1.53. The van der Waals surface area contributed by atoms with Gasteiger partial charge in [0.15, 0.2) is 5.16 Å². The normalized spacial score (nSPS) is 11.3. The predicted molar refractivity (Wildman–Crippen MR) is 97.3 cm³/mol. The van der Waals surface area contributed by atoms with Crippen molar-refractivity contribution in [2.45, 2.75) is 24.8 Å². The summed E-state index contributed by atoms with van der Waals surface area (Å²) in [6.45, 7) is 3.96. The van der Waals surface area contributed by atoms with Gasteiger partial charge in [-0.2, -0.15) is 0 Å². The molecular weight excluding hydrogens is 357 g/mol. The van der Waals surface area contributed by atoms with Gasteiger partial charge in [-0.25, -0.2) is 14.4 Å². The van der Waals surface area contributed by atoms with Crippen molar-refractivity contribution in [3.05, 3.63) is 58.6 Å². The Hall–Kier alpha value is -2.32. The lowest BCUT2D eigenvalue weighted by Gasteiger charge is -2.03. The Morgan fingerprint density at radius 3 is 2.72 bits per heavy atom. The molecule has 0 unspecified atom stereocenters. The highest BCUT2D eigenvalue weighted by Crippen LogP contribution is 2.28. The molecule has 0 saturated heterocycles. The fourth-order valence-electron chi connectivity index (χ4n) is 2.53. The molecule has 4 rings (SSSR count). The van der Waals surface area contributed by atoms with Crippen LogP contribution in [0.3, 0.4) is 0 Å². The highest BCUT2D eigenvalue weighted by molar-refractivity contribution is 7.98. The number of fused-ring (bicyclic) bond motifs is 1. The second-order valence-electron chi connectivity index (χ2n) is 5.60. The van der Waals surface area contributed by atoms with E-state index < -0.39 is 0 Å². The number of benzene rings is 1. The van der Waals surface area contributed by atoms with Gasteiger partial charge < -0.3 is 0 Å². The molecule has 126 valence electrons. The molecule has 0 radical (unpaired) electrons. The minimum Gasteiger partial charge on any atom is -0.259 e. The maximum absolute atomic E-state index is 13.0. The summed E-state index contributed by atoms with van der Waals surface area (Å²) in [4.78, 5) is 9.02. The second-order valence-corrected chi connectivity index (χ2v) is 7.40. The van der Waals surface area contributed by atoms with Crippen molar-refractivity contribution in [2.75, 3.05) is 0 Å². The Morgan fingerprint density at radius 2 is 1.92 bits per heavy atom. The molecule has 0 bridgehead atoms. The third-order valence-electron chi connectivity index (χ3n) is 3.66. The Morgan fingerprint density at radius 1 is 1.12 bits per heavy atom. The first-order chi connectivity index (χ1) is 12.1. The van der Waals surface area contributed by atoms with Gasteiger partial charge in [0.25, 0.3) is 5.78 Å². The van der Waals surface area contributed by atoms with E-state index in [9.17, 15) is 4.39 Å². The molecule has 0 fully saturated rings. The molecule has 0 atom stereocenters. The van der Waals surface area contributed by atoms with Gasteiger partial charge in [0.05, 0.1) is 5.69 Å². The van der Waals surface area contributed by atoms with Crippen LogP contribution < -0.4 is 0 Å². The SMILES string of the molecule is Cc1cc(C)n2c(SCc3csc(-c4ccc(F)cc4)n3)nnc2n1. The van der Waals surface area contributed by atoms with Gasteiger partial charge in [-0.3, -0.25) is 4.40 Å². The number of aryl methyl sites for hydroxylation is 2. The van der Waals surface area contributed by atoms with E-state index in [-0.39, 0.29) is 5.82 Å². The number of rotatable bonds is 4. The standard InChI is InChI=1S/C17H14FN5S2/c1-10-7-11(2)23-16(19-10)21-22-17(23)25-9-14-8-24-15(20-14)12-3-5-13(18)6-4-12/h3-8H,9H2,1-2H3. The lowest BCUT2D eigenvalue weighted by molar-refractivity contribution is 0.628. The van der Waals surface area contributed by atoms with E-state index in [4.69, 9.17) is 0 Å². The van der Waals surface area contributed by atoms with Crippen molar-refractivity contribution in [1.82, 2.24) is 24.6 Å². The van der Waals surface area contributed by atoms with Crippen LogP contribution in [0.25, 0.3) is 16.3 Å². The van der Waals surface area contributed by atoms with Crippen LogP contribution in [-0.2, 0) is 5.75 Å². The molecule has 1 aromatic carbocycles. The zero-order valence-electron chi connectivity index (χ0n) is 13.6. The molecule has 25 heavy (non-hydrogen) atoms. The molecule has 8 heteroatoms. The van der Waals surface area contributed by atoms with Crippen LogP contribution >= 0.6 is 23.1 Å². The van der Waals surface area contributed by atoms with Gasteiger partial charge in [-0.1, -0.05) is 11.8 Å². The minimum atomic E-state index is -0.242. The zero-order chi connectivity index (χ0) is 17.4. The fourth-order valence-corrected chi connectivity index (χ4v) is 4.34. The Labute approximate surface area is 152 Å². The van der Waals surface area contributed by atoms with E-state index in [1.807, 2.05) is 29.7 Å². The molecular formula is C17H14FN5S2. The van der Waals surface area contributed by atoms with E-state index in [0.29, 0.717) is 11.5 Å². The molecule has 5 nitrogen and oxygen atoms in total. The molecule has 0 aliphatic heterocycles. The topological polar surface area (TPSA) is 56.0 Å². The Kier molecular flexibility index (Phi) is 4.22. The average Bonchev–Trinajstić information content (AvgIpc) is 3.20. The van der Waals surface area contributed by atoms with Gasteiger partial charge in [0.2, 0.25) is 0 Å². The van der Waals surface area contributed by atoms with Crippen molar-refractivity contribution in [1.29, 1.82) is 0 Å². The molecule has 3 aromatic heterocycles. The Bertz CT molecular complexity index is 1040. The van der Waals surface area contributed by atoms with Gasteiger partial charge >= 0.3 is 0 Å². The van der Waals surface area contributed by atoms with E-state index in [2.05, 4.69) is 20.2 Å².